The third-order valence-electron chi connectivity index (χ3n) is 6.37. The van der Waals surface area contributed by atoms with Crippen LogP contribution in [0.25, 0.3) is 10.9 Å². The van der Waals surface area contributed by atoms with Gasteiger partial charge in [-0.25, -0.2) is 8.42 Å². The van der Waals surface area contributed by atoms with Gasteiger partial charge in [0, 0.05) is 36.2 Å². The molecule has 6 nitrogen and oxygen atoms in total. The van der Waals surface area contributed by atoms with Crippen molar-refractivity contribution in [1.29, 1.82) is 0 Å². The van der Waals surface area contributed by atoms with E-state index in [1.165, 1.54) is 4.31 Å². The van der Waals surface area contributed by atoms with Gasteiger partial charge in [-0.15, -0.1) is 0 Å². The minimum atomic E-state index is -3.85. The Kier molecular flexibility index (Phi) is 6.49. The lowest BCUT2D eigenvalue weighted by Gasteiger charge is -2.26. The minimum Gasteiger partial charge on any atom is -0.377 e. The Balaban J connectivity index is 1.80. The maximum Gasteiger partial charge on any atom is 0.252 e. The number of aromatic amines is 1. The van der Waals surface area contributed by atoms with E-state index >= 15 is 0 Å². The molecule has 1 fully saturated rings. The van der Waals surface area contributed by atoms with Gasteiger partial charge in [-0.1, -0.05) is 23.8 Å². The molecule has 176 valence electrons. The fourth-order valence-corrected chi connectivity index (χ4v) is 6.85. The van der Waals surface area contributed by atoms with E-state index in [4.69, 9.17) is 4.74 Å². The summed E-state index contributed by atoms with van der Waals surface area (Å²) >= 11 is 0. The van der Waals surface area contributed by atoms with Crippen LogP contribution in [-0.4, -0.2) is 37.0 Å². The van der Waals surface area contributed by atoms with Crippen LogP contribution in [0.1, 0.15) is 46.2 Å². The number of pyridine rings is 1. The molecule has 3 aromatic rings. The first-order valence-electron chi connectivity index (χ1n) is 11.4. The van der Waals surface area contributed by atoms with Crippen LogP contribution in [0.15, 0.2) is 40.0 Å². The van der Waals surface area contributed by atoms with Crippen LogP contribution in [0.3, 0.4) is 0 Å². The topological polar surface area (TPSA) is 79.5 Å². The van der Waals surface area contributed by atoms with Crippen LogP contribution in [0.2, 0.25) is 0 Å². The molecule has 0 spiro atoms. The average molecular weight is 469 g/mol. The average Bonchev–Trinajstić information content (AvgIpc) is 3.20. The molecule has 2 aromatic carbocycles. The molecular weight excluding hydrogens is 436 g/mol. The number of hydrogen-bond donors (Lipinski definition) is 1. The molecule has 0 saturated carbocycles. The first-order valence-corrected chi connectivity index (χ1v) is 12.8. The van der Waals surface area contributed by atoms with Crippen molar-refractivity contribution in [2.75, 3.05) is 13.2 Å². The number of aromatic nitrogens is 1. The second-order valence-electron chi connectivity index (χ2n) is 9.33. The highest BCUT2D eigenvalue weighted by atomic mass is 32.2. The van der Waals surface area contributed by atoms with E-state index in [2.05, 4.69) is 11.1 Å². The lowest BCUT2D eigenvalue weighted by molar-refractivity contribution is 0.0925. The van der Waals surface area contributed by atoms with Crippen molar-refractivity contribution in [2.24, 2.45) is 0 Å². The molecule has 33 heavy (non-hydrogen) atoms. The van der Waals surface area contributed by atoms with Gasteiger partial charge in [-0.3, -0.25) is 4.79 Å². The van der Waals surface area contributed by atoms with E-state index in [1.54, 1.807) is 0 Å². The van der Waals surface area contributed by atoms with Gasteiger partial charge < -0.3 is 9.72 Å². The van der Waals surface area contributed by atoms with Gasteiger partial charge >= 0.3 is 0 Å². The van der Waals surface area contributed by atoms with Crippen molar-refractivity contribution in [3.05, 3.63) is 74.1 Å². The van der Waals surface area contributed by atoms with E-state index in [0.29, 0.717) is 28.2 Å². The number of ether oxygens (including phenoxy) is 1. The summed E-state index contributed by atoms with van der Waals surface area (Å²) in [6.45, 7) is 10.4. The van der Waals surface area contributed by atoms with Gasteiger partial charge in [-0.05, 0) is 81.8 Å². The molecule has 2 heterocycles. The minimum absolute atomic E-state index is 0.00641. The van der Waals surface area contributed by atoms with E-state index in [9.17, 15) is 13.2 Å². The molecule has 0 bridgehead atoms. The molecule has 0 aliphatic carbocycles. The molecule has 1 aliphatic rings. The van der Waals surface area contributed by atoms with Gasteiger partial charge in [-0.2, -0.15) is 4.31 Å². The smallest absolute Gasteiger partial charge is 0.252 e. The van der Waals surface area contributed by atoms with Crippen molar-refractivity contribution in [1.82, 2.24) is 9.29 Å². The highest BCUT2D eigenvalue weighted by Gasteiger charge is 2.32. The second-order valence-corrected chi connectivity index (χ2v) is 11.2. The van der Waals surface area contributed by atoms with Gasteiger partial charge in [0.2, 0.25) is 10.0 Å². The molecule has 1 N–H and O–H groups in total. The maximum atomic E-state index is 13.9. The zero-order chi connectivity index (χ0) is 23.9. The molecule has 0 radical (unpaired) electrons. The lowest BCUT2D eigenvalue weighted by Crippen LogP contribution is -2.39. The van der Waals surface area contributed by atoms with E-state index in [-0.39, 0.29) is 24.8 Å². The highest BCUT2D eigenvalue weighted by Crippen LogP contribution is 2.28. The van der Waals surface area contributed by atoms with Crippen LogP contribution < -0.4 is 5.56 Å². The molecular formula is C26H32N2O4S. The Morgan fingerprint density at radius 1 is 0.970 bits per heavy atom. The summed E-state index contributed by atoms with van der Waals surface area (Å²) in [6.07, 6.45) is 1.55. The summed E-state index contributed by atoms with van der Waals surface area (Å²) in [7, 11) is -3.85. The van der Waals surface area contributed by atoms with Crippen LogP contribution in [-0.2, 0) is 21.3 Å². The predicted molar refractivity (Wildman–Crippen MR) is 131 cm³/mol. The number of H-pyrrole nitrogens is 1. The summed E-state index contributed by atoms with van der Waals surface area (Å²) in [4.78, 5) is 16.2. The fourth-order valence-electron chi connectivity index (χ4n) is 4.99. The monoisotopic (exact) mass is 468 g/mol. The normalized spacial score (nSPS) is 16.7. The van der Waals surface area contributed by atoms with Gasteiger partial charge in [0.05, 0.1) is 11.0 Å². The summed E-state index contributed by atoms with van der Waals surface area (Å²) in [5.74, 6) is 0. The SMILES string of the molecule is Cc1cc(C)c(S(=O)(=O)N(Cc2cc3c(C)cc(C)cc3[nH]c2=O)C[C@H]2CCCO2)c(C)c1. The van der Waals surface area contributed by atoms with E-state index in [0.717, 1.165) is 40.4 Å². The van der Waals surface area contributed by atoms with E-state index < -0.39 is 10.0 Å². The summed E-state index contributed by atoms with van der Waals surface area (Å²) < 4.78 is 35.0. The van der Waals surface area contributed by atoms with Gasteiger partial charge in [0.25, 0.3) is 5.56 Å². The Bertz CT molecular complexity index is 1350. The first-order chi connectivity index (χ1) is 15.6. The van der Waals surface area contributed by atoms with Crippen molar-refractivity contribution in [3.63, 3.8) is 0 Å². The van der Waals surface area contributed by atoms with Gasteiger partial charge in [0.1, 0.15) is 0 Å². The molecule has 1 aromatic heterocycles. The predicted octanol–water partition coefficient (Wildman–Crippen LogP) is 4.44. The Labute approximate surface area is 195 Å². The fraction of sp³-hybridized carbons (Fsp3) is 0.423. The molecule has 4 rings (SSSR count). The number of hydrogen-bond acceptors (Lipinski definition) is 4. The Morgan fingerprint density at radius 3 is 2.24 bits per heavy atom. The number of benzene rings is 2. The quantitative estimate of drug-likeness (QED) is 0.580. The van der Waals surface area contributed by atoms with Crippen molar-refractivity contribution >= 4 is 20.9 Å². The number of rotatable bonds is 6. The van der Waals surface area contributed by atoms with Gasteiger partial charge in [0.15, 0.2) is 0 Å². The number of nitrogens with zero attached hydrogens (tertiary/aromatic N) is 1. The summed E-state index contributed by atoms with van der Waals surface area (Å²) in [5.41, 5.74) is 5.48. The largest absolute Gasteiger partial charge is 0.377 e. The molecule has 1 atom stereocenters. The maximum absolute atomic E-state index is 13.9. The summed E-state index contributed by atoms with van der Waals surface area (Å²) in [5, 5.41) is 0.923. The van der Waals surface area contributed by atoms with Crippen LogP contribution in [0.4, 0.5) is 0 Å². The third-order valence-corrected chi connectivity index (χ3v) is 8.49. The molecule has 1 saturated heterocycles. The second kappa shape index (κ2) is 9.05. The van der Waals surface area contributed by atoms with Crippen LogP contribution in [0.5, 0.6) is 0 Å². The van der Waals surface area contributed by atoms with Crippen molar-refractivity contribution in [2.45, 2.75) is 65.0 Å². The number of aryl methyl sites for hydroxylation is 5. The van der Waals surface area contributed by atoms with Crippen LogP contribution in [0, 0.1) is 34.6 Å². The number of nitrogens with one attached hydrogen (secondary N) is 1. The van der Waals surface area contributed by atoms with Crippen molar-refractivity contribution in [3.8, 4) is 0 Å². The zero-order valence-corrected chi connectivity index (χ0v) is 20.8. The third kappa shape index (κ3) is 4.76. The summed E-state index contributed by atoms with van der Waals surface area (Å²) in [6, 6.07) is 9.60. The van der Waals surface area contributed by atoms with E-state index in [1.807, 2.05) is 58.9 Å². The van der Waals surface area contributed by atoms with Crippen LogP contribution >= 0.6 is 0 Å². The highest BCUT2D eigenvalue weighted by molar-refractivity contribution is 7.89. The number of sulfonamides is 1. The Morgan fingerprint density at radius 2 is 1.61 bits per heavy atom. The Hall–Kier alpha value is -2.48. The molecule has 0 amide bonds. The zero-order valence-electron chi connectivity index (χ0n) is 20.0. The molecule has 7 heteroatoms. The molecule has 0 unspecified atom stereocenters. The van der Waals surface area contributed by atoms with Crippen molar-refractivity contribution < 1.29 is 13.2 Å². The lowest BCUT2D eigenvalue weighted by atomic mass is 10.0. The number of fused-ring (bicyclic) bond motifs is 1. The first kappa shape index (κ1) is 23.7. The molecule has 1 aliphatic heterocycles. The standard InChI is InChI=1S/C26H32N2O4S/c1-16-10-19(4)25(20(5)11-16)33(30,31)28(15-22-7-6-8-32-22)14-21-13-23-18(3)9-17(2)12-24(23)27-26(21)29/h9-13,22H,6-8,14-15H2,1-5H3,(H,27,29)/t22-/m1/s1.